The van der Waals surface area contributed by atoms with E-state index in [4.69, 9.17) is 19.2 Å². The number of amides is 1. The highest BCUT2D eigenvalue weighted by Crippen LogP contribution is 2.31. The number of aromatic nitrogens is 2. The number of hydrogen-bond donors (Lipinski definition) is 2. The third-order valence-electron chi connectivity index (χ3n) is 7.55. The van der Waals surface area contributed by atoms with Gasteiger partial charge in [-0.1, -0.05) is 91.0 Å². The molecule has 1 aromatic heterocycles. The molecule has 2 fully saturated rings. The van der Waals surface area contributed by atoms with Crippen LogP contribution >= 0.6 is 0 Å². The number of carbonyl (C=O) groups is 1. The summed E-state index contributed by atoms with van der Waals surface area (Å²) in [5.74, 6) is 0.491. The van der Waals surface area contributed by atoms with E-state index in [2.05, 4.69) is 52.0 Å². The molecule has 4 atom stereocenters. The number of carbonyl (C=O) groups excluding carboxylic acids is 1. The molecule has 2 N–H and O–H groups in total. The topological polar surface area (TPSA) is 94.6 Å². The average Bonchev–Trinajstić information content (AvgIpc) is 3.61. The summed E-state index contributed by atoms with van der Waals surface area (Å²) in [6.07, 6.45) is 0.0200. The van der Waals surface area contributed by atoms with E-state index in [0.29, 0.717) is 18.2 Å². The first kappa shape index (κ1) is 25.2. The Morgan fingerprint density at radius 3 is 2.37 bits per heavy atom. The zero-order valence-electron chi connectivity index (χ0n) is 22.1. The van der Waals surface area contributed by atoms with Gasteiger partial charge in [-0.25, -0.2) is 14.8 Å². The van der Waals surface area contributed by atoms with Crippen molar-refractivity contribution in [1.29, 1.82) is 0 Å². The van der Waals surface area contributed by atoms with Crippen LogP contribution in [0.25, 0.3) is 33.2 Å². The van der Waals surface area contributed by atoms with Crippen LogP contribution in [0.3, 0.4) is 0 Å². The van der Waals surface area contributed by atoms with Crippen LogP contribution in [-0.4, -0.2) is 53.6 Å². The maximum atomic E-state index is 12.8. The summed E-state index contributed by atoms with van der Waals surface area (Å²) in [5, 5.41) is 8.22. The molecule has 2 aliphatic rings. The zero-order valence-corrected chi connectivity index (χ0v) is 22.1. The molecule has 0 spiro atoms. The number of hydrogen-bond acceptors (Lipinski definition) is 7. The van der Waals surface area contributed by atoms with Gasteiger partial charge in [0.15, 0.2) is 6.10 Å². The van der Waals surface area contributed by atoms with Crippen molar-refractivity contribution in [3.05, 3.63) is 109 Å². The second-order valence-electron chi connectivity index (χ2n) is 10.2. The van der Waals surface area contributed by atoms with Crippen molar-refractivity contribution in [3.8, 4) is 22.4 Å². The van der Waals surface area contributed by atoms with E-state index in [1.165, 1.54) is 5.56 Å². The molecule has 4 aromatic carbocycles. The van der Waals surface area contributed by atoms with Crippen molar-refractivity contribution < 1.29 is 19.0 Å². The van der Waals surface area contributed by atoms with Gasteiger partial charge in [0.2, 0.25) is 5.95 Å². The first-order valence-electron chi connectivity index (χ1n) is 13.7. The number of nitrogens with one attached hydrogen (secondary N) is 2. The molecule has 3 heterocycles. The van der Waals surface area contributed by atoms with Crippen LogP contribution in [0.4, 0.5) is 16.4 Å². The van der Waals surface area contributed by atoms with Gasteiger partial charge < -0.3 is 19.5 Å². The van der Waals surface area contributed by atoms with Gasteiger partial charge >= 0.3 is 6.09 Å². The van der Waals surface area contributed by atoms with E-state index in [-0.39, 0.29) is 24.9 Å². The van der Waals surface area contributed by atoms with Crippen molar-refractivity contribution >= 4 is 28.5 Å². The average molecular weight is 545 g/mol. The molecule has 2 aliphatic heterocycles. The number of nitrogens with zero attached hydrogens (tertiary/aromatic N) is 2. The molecule has 7 rings (SSSR count). The lowest BCUT2D eigenvalue weighted by molar-refractivity contribution is 0.00917. The smallest absolute Gasteiger partial charge is 0.412 e. The van der Waals surface area contributed by atoms with Gasteiger partial charge in [0.1, 0.15) is 12.2 Å². The Kier molecular flexibility index (Phi) is 6.76. The van der Waals surface area contributed by atoms with Crippen molar-refractivity contribution in [2.45, 2.75) is 24.4 Å². The van der Waals surface area contributed by atoms with Crippen molar-refractivity contribution in [2.75, 3.05) is 23.8 Å². The van der Waals surface area contributed by atoms with Crippen LogP contribution in [0.5, 0.6) is 0 Å². The molecule has 5 aromatic rings. The van der Waals surface area contributed by atoms with Crippen molar-refractivity contribution in [1.82, 2.24) is 9.97 Å². The summed E-state index contributed by atoms with van der Waals surface area (Å²) in [6, 6.07) is 33.9. The molecule has 0 bridgehead atoms. The Balaban J connectivity index is 0.984. The summed E-state index contributed by atoms with van der Waals surface area (Å²) in [5.41, 5.74) is 4.83. The van der Waals surface area contributed by atoms with Crippen LogP contribution in [0.15, 0.2) is 109 Å². The highest BCUT2D eigenvalue weighted by molar-refractivity contribution is 6.00. The molecule has 2 saturated heterocycles. The quantitative estimate of drug-likeness (QED) is 0.264. The van der Waals surface area contributed by atoms with Gasteiger partial charge in [-0.3, -0.25) is 5.32 Å². The molecule has 4 unspecified atom stereocenters. The van der Waals surface area contributed by atoms with Crippen LogP contribution in [0, 0.1) is 0 Å². The second-order valence-corrected chi connectivity index (χ2v) is 10.2. The van der Waals surface area contributed by atoms with Gasteiger partial charge in [-0.05, 0) is 28.6 Å². The molecule has 8 heteroatoms. The number of fused-ring (bicyclic) bond motifs is 2. The first-order valence-corrected chi connectivity index (χ1v) is 13.7. The van der Waals surface area contributed by atoms with Crippen LogP contribution in [0.2, 0.25) is 0 Å². The normalized spacial score (nSPS) is 21.4. The summed E-state index contributed by atoms with van der Waals surface area (Å²) in [6.45, 7) is 0.643. The van der Waals surface area contributed by atoms with Crippen LogP contribution in [-0.2, 0) is 14.2 Å². The second kappa shape index (κ2) is 11.0. The summed E-state index contributed by atoms with van der Waals surface area (Å²) < 4.78 is 17.8. The van der Waals surface area contributed by atoms with Crippen molar-refractivity contribution in [2.24, 2.45) is 0 Å². The third kappa shape index (κ3) is 5.23. The molecule has 8 nitrogen and oxygen atoms in total. The fourth-order valence-corrected chi connectivity index (χ4v) is 5.52. The minimum absolute atomic E-state index is 0.176. The maximum Gasteiger partial charge on any atom is 0.412 e. The molecule has 41 heavy (non-hydrogen) atoms. The van der Waals surface area contributed by atoms with Crippen molar-refractivity contribution in [3.63, 3.8) is 0 Å². The molecule has 204 valence electrons. The minimum atomic E-state index is -0.537. The lowest BCUT2D eigenvalue weighted by Gasteiger charge is -2.18. The molecule has 0 radical (unpaired) electrons. The van der Waals surface area contributed by atoms with Gasteiger partial charge in [0.05, 0.1) is 30.6 Å². The fourth-order valence-electron chi connectivity index (χ4n) is 5.52. The highest BCUT2D eigenvalue weighted by atomic mass is 16.6. The molecular formula is C33H28N4O4. The Hall–Kier alpha value is -4.79. The highest BCUT2D eigenvalue weighted by Gasteiger charge is 2.49. The van der Waals surface area contributed by atoms with Crippen LogP contribution in [0.1, 0.15) is 0 Å². The van der Waals surface area contributed by atoms with E-state index >= 15 is 0 Å². The zero-order chi connectivity index (χ0) is 27.6. The first-order chi connectivity index (χ1) is 20.2. The number of rotatable bonds is 6. The largest absolute Gasteiger partial charge is 0.441 e. The molecule has 0 aliphatic carbocycles. The number of benzene rings is 4. The maximum absolute atomic E-state index is 12.8. The lowest BCUT2D eigenvalue weighted by atomic mass is 10.0. The Bertz CT molecular complexity index is 1670. The molecular weight excluding hydrogens is 516 g/mol. The Labute approximate surface area is 237 Å². The van der Waals surface area contributed by atoms with Gasteiger partial charge in [0, 0.05) is 17.1 Å². The predicted octanol–water partition coefficient (Wildman–Crippen LogP) is 6.16. The number of anilines is 2. The van der Waals surface area contributed by atoms with E-state index in [9.17, 15) is 4.79 Å². The monoisotopic (exact) mass is 544 g/mol. The van der Waals surface area contributed by atoms with Crippen LogP contribution < -0.4 is 10.6 Å². The summed E-state index contributed by atoms with van der Waals surface area (Å²) >= 11 is 0. The summed E-state index contributed by atoms with van der Waals surface area (Å²) in [7, 11) is 0. The molecule has 0 saturated carbocycles. The summed E-state index contributed by atoms with van der Waals surface area (Å²) in [4.78, 5) is 21.9. The standard InChI is InChI=1S/C33H28N4O4/c38-33(37-27-12-6-10-23-9-4-5-11-25(23)27)41-29-20-40-30-28(19-39-31(29)30)36-32-34-18-17-26(35-32)24-15-13-22(14-16-24)21-7-2-1-3-8-21/h1-18,28-31H,19-20H2,(H,37,38)(H,34,35,36). The number of ether oxygens (including phenoxy) is 3. The van der Waals surface area contributed by atoms with E-state index < -0.39 is 12.2 Å². The van der Waals surface area contributed by atoms with Gasteiger partial charge in [0.25, 0.3) is 0 Å². The predicted molar refractivity (Wildman–Crippen MR) is 158 cm³/mol. The van der Waals surface area contributed by atoms with Gasteiger partial charge in [-0.2, -0.15) is 0 Å². The SMILES string of the molecule is O=C(Nc1cccc2ccccc12)OC1COC2C(Nc3nccc(-c4ccc(-c5ccccc5)cc4)n3)COC12. The lowest BCUT2D eigenvalue weighted by Crippen LogP contribution is -2.38. The van der Waals surface area contributed by atoms with E-state index in [1.807, 2.05) is 66.7 Å². The minimum Gasteiger partial charge on any atom is -0.441 e. The third-order valence-corrected chi connectivity index (χ3v) is 7.55. The molecule has 1 amide bonds. The van der Waals surface area contributed by atoms with E-state index in [0.717, 1.165) is 27.6 Å². The van der Waals surface area contributed by atoms with E-state index in [1.54, 1.807) is 6.20 Å². The van der Waals surface area contributed by atoms with Gasteiger partial charge in [-0.15, -0.1) is 0 Å². The Morgan fingerprint density at radius 1 is 0.756 bits per heavy atom. The fraction of sp³-hybridized carbons (Fsp3) is 0.182. The Morgan fingerprint density at radius 2 is 1.49 bits per heavy atom.